The number of pyridine rings is 1. The van der Waals surface area contributed by atoms with Crippen molar-refractivity contribution in [2.24, 2.45) is 5.73 Å². The molecular weight excluding hydrogens is 222 g/mol. The van der Waals surface area contributed by atoms with Crippen LogP contribution in [0.5, 0.6) is 0 Å². The van der Waals surface area contributed by atoms with E-state index in [0.717, 1.165) is 11.3 Å². The molecule has 1 amide bonds. The number of nitrogens with one attached hydrogen (secondary N) is 1. The number of carbonyl (C=O) groups is 2. The monoisotopic (exact) mass is 237 g/mol. The van der Waals surface area contributed by atoms with Gasteiger partial charge in [0, 0.05) is 6.20 Å². The molecule has 0 radical (unpaired) electrons. The van der Waals surface area contributed by atoms with Crippen molar-refractivity contribution in [2.75, 3.05) is 0 Å². The van der Waals surface area contributed by atoms with Crippen molar-refractivity contribution >= 4 is 11.9 Å². The van der Waals surface area contributed by atoms with Crippen molar-refractivity contribution < 1.29 is 14.7 Å². The summed E-state index contributed by atoms with van der Waals surface area (Å²) in [6, 6.07) is 2.65. The Morgan fingerprint density at radius 1 is 1.59 bits per heavy atom. The van der Waals surface area contributed by atoms with E-state index in [4.69, 9.17) is 10.8 Å². The fraction of sp³-hybridized carbons (Fsp3) is 0.364. The van der Waals surface area contributed by atoms with Gasteiger partial charge < -0.3 is 16.2 Å². The number of rotatable bonds is 5. The number of aromatic nitrogens is 1. The predicted molar refractivity (Wildman–Crippen MR) is 61.0 cm³/mol. The van der Waals surface area contributed by atoms with Crippen molar-refractivity contribution in [1.82, 2.24) is 10.3 Å². The average molecular weight is 237 g/mol. The van der Waals surface area contributed by atoms with Crippen molar-refractivity contribution in [3.63, 3.8) is 0 Å². The second-order valence-corrected chi connectivity index (χ2v) is 3.69. The first-order valence-corrected chi connectivity index (χ1v) is 5.16. The Kier molecular flexibility index (Phi) is 4.59. The molecule has 0 saturated heterocycles. The van der Waals surface area contributed by atoms with Gasteiger partial charge >= 0.3 is 5.97 Å². The van der Waals surface area contributed by atoms with Crippen LogP contribution in [0.4, 0.5) is 0 Å². The van der Waals surface area contributed by atoms with E-state index in [9.17, 15) is 9.59 Å². The van der Waals surface area contributed by atoms with E-state index in [-0.39, 0.29) is 13.0 Å². The van der Waals surface area contributed by atoms with Gasteiger partial charge in [0.25, 0.3) is 0 Å². The van der Waals surface area contributed by atoms with Crippen LogP contribution in [-0.4, -0.2) is 28.0 Å². The summed E-state index contributed by atoms with van der Waals surface area (Å²) in [5, 5.41) is 11.0. The number of aliphatic carboxylic acids is 1. The topological polar surface area (TPSA) is 105 Å². The molecule has 1 aromatic rings. The first-order chi connectivity index (χ1) is 8.00. The van der Waals surface area contributed by atoms with Gasteiger partial charge in [-0.1, -0.05) is 6.07 Å². The quantitative estimate of drug-likeness (QED) is 0.658. The molecule has 17 heavy (non-hydrogen) atoms. The summed E-state index contributed by atoms with van der Waals surface area (Å²) in [5.74, 6) is -1.58. The molecule has 92 valence electrons. The van der Waals surface area contributed by atoms with E-state index in [0.29, 0.717) is 0 Å². The van der Waals surface area contributed by atoms with Crippen LogP contribution in [-0.2, 0) is 16.1 Å². The summed E-state index contributed by atoms with van der Waals surface area (Å²) in [6.45, 7) is 2.13. The second-order valence-electron chi connectivity index (χ2n) is 3.69. The Bertz CT molecular complexity index is 420. The molecule has 1 rings (SSSR count). The lowest BCUT2D eigenvalue weighted by Gasteiger charge is -2.10. The SMILES string of the molecule is Cc1cccnc1CNC(=O)C(N)CC(=O)O. The standard InChI is InChI=1S/C11H15N3O3/c1-7-3-2-4-13-9(7)6-14-11(17)8(12)5-10(15)16/h2-4,8H,5-6,12H2,1H3,(H,14,17)(H,15,16). The van der Waals surface area contributed by atoms with Crippen LogP contribution in [0.15, 0.2) is 18.3 Å². The van der Waals surface area contributed by atoms with Gasteiger partial charge in [0.1, 0.15) is 0 Å². The number of hydrogen-bond acceptors (Lipinski definition) is 4. The Morgan fingerprint density at radius 2 is 2.29 bits per heavy atom. The number of carboxylic acid groups (broad SMARTS) is 1. The van der Waals surface area contributed by atoms with E-state index < -0.39 is 17.9 Å². The molecule has 6 heteroatoms. The average Bonchev–Trinajstić information content (AvgIpc) is 2.26. The van der Waals surface area contributed by atoms with E-state index in [2.05, 4.69) is 10.3 Å². The predicted octanol–water partition coefficient (Wildman–Crippen LogP) is -0.192. The molecule has 0 saturated carbocycles. The van der Waals surface area contributed by atoms with Gasteiger partial charge in [0.05, 0.1) is 24.7 Å². The fourth-order valence-corrected chi connectivity index (χ4v) is 1.29. The number of hydrogen-bond donors (Lipinski definition) is 3. The maximum atomic E-state index is 11.4. The summed E-state index contributed by atoms with van der Waals surface area (Å²) in [7, 11) is 0. The molecule has 0 fully saturated rings. The lowest BCUT2D eigenvalue weighted by molar-refractivity contribution is -0.139. The third-order valence-corrected chi connectivity index (χ3v) is 2.28. The zero-order valence-corrected chi connectivity index (χ0v) is 9.51. The van der Waals surface area contributed by atoms with Crippen LogP contribution < -0.4 is 11.1 Å². The molecule has 0 aliphatic heterocycles. The summed E-state index contributed by atoms with van der Waals surface area (Å²) in [4.78, 5) is 25.9. The molecule has 0 aromatic carbocycles. The molecule has 4 N–H and O–H groups in total. The van der Waals surface area contributed by atoms with Crippen molar-refractivity contribution in [2.45, 2.75) is 25.9 Å². The second kappa shape index (κ2) is 5.95. The minimum absolute atomic E-state index is 0.249. The van der Waals surface area contributed by atoms with Crippen LogP contribution in [0.25, 0.3) is 0 Å². The van der Waals surface area contributed by atoms with Crippen LogP contribution in [0.2, 0.25) is 0 Å². The number of amides is 1. The molecule has 1 atom stereocenters. The van der Waals surface area contributed by atoms with Crippen molar-refractivity contribution in [3.05, 3.63) is 29.6 Å². The highest BCUT2D eigenvalue weighted by Gasteiger charge is 2.16. The molecule has 1 unspecified atom stereocenters. The first kappa shape index (κ1) is 13.1. The van der Waals surface area contributed by atoms with E-state index in [1.807, 2.05) is 13.0 Å². The van der Waals surface area contributed by atoms with Gasteiger partial charge in [0.15, 0.2) is 0 Å². The number of nitrogens with two attached hydrogens (primary N) is 1. The lowest BCUT2D eigenvalue weighted by atomic mass is 10.2. The third kappa shape index (κ3) is 4.20. The van der Waals surface area contributed by atoms with Gasteiger partial charge in [-0.15, -0.1) is 0 Å². The highest BCUT2D eigenvalue weighted by Crippen LogP contribution is 2.02. The lowest BCUT2D eigenvalue weighted by Crippen LogP contribution is -2.41. The van der Waals surface area contributed by atoms with Crippen LogP contribution >= 0.6 is 0 Å². The number of carbonyl (C=O) groups excluding carboxylic acids is 1. The summed E-state index contributed by atoms with van der Waals surface area (Å²) >= 11 is 0. The first-order valence-electron chi connectivity index (χ1n) is 5.16. The number of aryl methyl sites for hydroxylation is 1. The molecule has 1 heterocycles. The third-order valence-electron chi connectivity index (χ3n) is 2.28. The normalized spacial score (nSPS) is 11.9. The van der Waals surface area contributed by atoms with Crippen LogP contribution in [0.1, 0.15) is 17.7 Å². The minimum atomic E-state index is -1.10. The summed E-state index contributed by atoms with van der Waals surface area (Å²) < 4.78 is 0. The number of carboxylic acids is 1. The maximum absolute atomic E-state index is 11.4. The summed E-state index contributed by atoms with van der Waals surface area (Å²) in [5.41, 5.74) is 7.10. The van der Waals surface area contributed by atoms with E-state index in [1.54, 1.807) is 12.3 Å². The molecule has 0 spiro atoms. The van der Waals surface area contributed by atoms with E-state index >= 15 is 0 Å². The Labute approximate surface area is 98.8 Å². The number of nitrogens with zero attached hydrogens (tertiary/aromatic N) is 1. The van der Waals surface area contributed by atoms with E-state index in [1.165, 1.54) is 0 Å². The zero-order valence-electron chi connectivity index (χ0n) is 9.51. The highest BCUT2D eigenvalue weighted by atomic mass is 16.4. The maximum Gasteiger partial charge on any atom is 0.305 e. The van der Waals surface area contributed by atoms with Crippen LogP contribution in [0.3, 0.4) is 0 Å². The Balaban J connectivity index is 2.48. The molecule has 0 bridgehead atoms. The van der Waals surface area contributed by atoms with Gasteiger partial charge in [-0.3, -0.25) is 14.6 Å². The Morgan fingerprint density at radius 3 is 2.88 bits per heavy atom. The van der Waals surface area contributed by atoms with Gasteiger partial charge in [-0.2, -0.15) is 0 Å². The van der Waals surface area contributed by atoms with Gasteiger partial charge in [-0.05, 0) is 18.6 Å². The summed E-state index contributed by atoms with van der Waals surface area (Å²) in [6.07, 6.45) is 1.25. The molecule has 0 aliphatic carbocycles. The largest absolute Gasteiger partial charge is 0.481 e. The smallest absolute Gasteiger partial charge is 0.305 e. The van der Waals surface area contributed by atoms with Crippen LogP contribution in [0, 0.1) is 6.92 Å². The Hall–Kier alpha value is -1.95. The molecule has 1 aromatic heterocycles. The van der Waals surface area contributed by atoms with Gasteiger partial charge in [-0.25, -0.2) is 0 Å². The highest BCUT2D eigenvalue weighted by molar-refractivity contribution is 5.85. The van der Waals surface area contributed by atoms with Crippen molar-refractivity contribution in [1.29, 1.82) is 0 Å². The van der Waals surface area contributed by atoms with Crippen molar-refractivity contribution in [3.8, 4) is 0 Å². The fourth-order valence-electron chi connectivity index (χ4n) is 1.29. The minimum Gasteiger partial charge on any atom is -0.481 e. The molecule has 6 nitrogen and oxygen atoms in total. The molecule has 0 aliphatic rings. The zero-order chi connectivity index (χ0) is 12.8. The molecular formula is C11H15N3O3. The van der Waals surface area contributed by atoms with Gasteiger partial charge in [0.2, 0.25) is 5.91 Å².